The number of phosphoric ester groups is 2. The molecule has 5 unspecified atom stereocenters. The number of allylic oxidation sites excluding steroid dienone is 18. The molecule has 98 heavy (non-hydrogen) atoms. The van der Waals surface area contributed by atoms with E-state index >= 15 is 0 Å². The van der Waals surface area contributed by atoms with Crippen molar-refractivity contribution >= 4 is 39.5 Å². The van der Waals surface area contributed by atoms with Crippen molar-refractivity contribution in [2.75, 3.05) is 39.6 Å². The molecule has 564 valence electrons. The fraction of sp³-hybridized carbons (Fsp3) is 0.722. The molecule has 0 saturated carbocycles. The summed E-state index contributed by atoms with van der Waals surface area (Å²) < 4.78 is 68.4. The van der Waals surface area contributed by atoms with Gasteiger partial charge in [0, 0.05) is 25.7 Å². The van der Waals surface area contributed by atoms with Gasteiger partial charge >= 0.3 is 39.5 Å². The van der Waals surface area contributed by atoms with Gasteiger partial charge in [-0.1, -0.05) is 272 Å². The Kier molecular flexibility index (Phi) is 68.0. The van der Waals surface area contributed by atoms with E-state index in [1.807, 2.05) is 12.2 Å². The average molecular weight is 1420 g/mol. The first-order chi connectivity index (χ1) is 47.7. The van der Waals surface area contributed by atoms with Gasteiger partial charge in [0.25, 0.3) is 0 Å². The summed E-state index contributed by atoms with van der Waals surface area (Å²) >= 11 is 0. The Balaban J connectivity index is 5.36. The SMILES string of the molecule is CC/C=C\C/C=C\C/C=C\C/C=C\C/C=C\CCCC(=O)OCC(COP(=O)(O)OCC(O)COP(=O)(O)OCC(COC(=O)CCCCCCCCC/C=C\C/C=C\C/C=C\CC)OC(=O)CCCCCCC/C=C\CCCCCC)OC(=O)CCCCCCCCCCCCC. The van der Waals surface area contributed by atoms with E-state index in [0.29, 0.717) is 32.1 Å². The van der Waals surface area contributed by atoms with Crippen molar-refractivity contribution in [3.8, 4) is 0 Å². The van der Waals surface area contributed by atoms with Gasteiger partial charge in [0.05, 0.1) is 26.4 Å². The van der Waals surface area contributed by atoms with Crippen LogP contribution >= 0.6 is 15.6 Å². The molecule has 3 N–H and O–H groups in total. The number of phosphoric acid groups is 2. The van der Waals surface area contributed by atoms with Crippen LogP contribution in [-0.4, -0.2) is 96.7 Å². The summed E-state index contributed by atoms with van der Waals surface area (Å²) in [4.78, 5) is 72.8. The summed E-state index contributed by atoms with van der Waals surface area (Å²) in [5.41, 5.74) is 0. The van der Waals surface area contributed by atoms with Gasteiger partial charge in [0.2, 0.25) is 0 Å². The van der Waals surface area contributed by atoms with Gasteiger partial charge in [-0.2, -0.15) is 0 Å². The third-order valence-corrected chi connectivity index (χ3v) is 17.6. The molecule has 0 aliphatic carbocycles. The predicted molar refractivity (Wildman–Crippen MR) is 399 cm³/mol. The van der Waals surface area contributed by atoms with E-state index in [1.165, 1.54) is 64.2 Å². The molecule has 0 aromatic rings. The topological polar surface area (TPSA) is 237 Å². The van der Waals surface area contributed by atoms with Gasteiger partial charge in [-0.05, 0) is 122 Å². The van der Waals surface area contributed by atoms with Crippen LogP contribution in [0.5, 0.6) is 0 Å². The molecule has 0 spiro atoms. The van der Waals surface area contributed by atoms with Crippen LogP contribution in [0.2, 0.25) is 0 Å². The Morgan fingerprint density at radius 1 is 0.296 bits per heavy atom. The zero-order valence-corrected chi connectivity index (χ0v) is 63.2. The number of rotatable bonds is 71. The molecule has 5 atom stereocenters. The maximum Gasteiger partial charge on any atom is 0.472 e. The number of hydrogen-bond acceptors (Lipinski definition) is 15. The molecule has 0 amide bonds. The number of aliphatic hydroxyl groups excluding tert-OH is 1. The number of unbranched alkanes of at least 4 members (excludes halogenated alkanes) is 27. The fourth-order valence-corrected chi connectivity index (χ4v) is 11.5. The molecule has 0 aromatic carbocycles. The molecule has 0 radical (unpaired) electrons. The molecule has 0 aliphatic rings. The first-order valence-electron chi connectivity index (χ1n) is 38.1. The number of ether oxygens (including phenoxy) is 4. The van der Waals surface area contributed by atoms with Crippen LogP contribution in [0.3, 0.4) is 0 Å². The third kappa shape index (κ3) is 70.2. The Labute approximate surface area is 594 Å². The van der Waals surface area contributed by atoms with Gasteiger partial charge in [-0.3, -0.25) is 37.3 Å². The van der Waals surface area contributed by atoms with E-state index in [4.69, 9.17) is 37.0 Å². The highest BCUT2D eigenvalue weighted by molar-refractivity contribution is 7.47. The molecule has 0 fully saturated rings. The van der Waals surface area contributed by atoms with Crippen LogP contribution in [0.4, 0.5) is 0 Å². The number of aliphatic hydroxyl groups is 1. The maximum absolute atomic E-state index is 13.1. The lowest BCUT2D eigenvalue weighted by Crippen LogP contribution is -2.30. The Bertz CT molecular complexity index is 2290. The second-order valence-corrected chi connectivity index (χ2v) is 28.1. The monoisotopic (exact) mass is 1420 g/mol. The highest BCUT2D eigenvalue weighted by Crippen LogP contribution is 2.45. The summed E-state index contributed by atoms with van der Waals surface area (Å²) in [5, 5.41) is 10.6. The van der Waals surface area contributed by atoms with Crippen molar-refractivity contribution < 1.29 is 80.2 Å². The highest BCUT2D eigenvalue weighted by Gasteiger charge is 2.30. The molecular formula is C79H136O17P2. The van der Waals surface area contributed by atoms with Gasteiger partial charge in [-0.25, -0.2) is 9.13 Å². The molecule has 0 rings (SSSR count). The molecule has 0 aliphatic heterocycles. The Morgan fingerprint density at radius 2 is 0.541 bits per heavy atom. The average Bonchev–Trinajstić information content (AvgIpc) is 0.985. The highest BCUT2D eigenvalue weighted by atomic mass is 31.2. The normalized spacial score (nSPS) is 14.6. The first kappa shape index (κ1) is 93.7. The number of hydrogen-bond donors (Lipinski definition) is 3. The van der Waals surface area contributed by atoms with Crippen LogP contribution in [0.25, 0.3) is 0 Å². The molecule has 0 saturated heterocycles. The minimum absolute atomic E-state index is 0.0813. The Morgan fingerprint density at radius 3 is 0.878 bits per heavy atom. The van der Waals surface area contributed by atoms with Gasteiger partial charge in [0.15, 0.2) is 12.2 Å². The third-order valence-electron chi connectivity index (χ3n) is 15.7. The van der Waals surface area contributed by atoms with Crippen LogP contribution in [0.1, 0.15) is 310 Å². The van der Waals surface area contributed by atoms with Gasteiger partial charge < -0.3 is 33.8 Å². The summed E-state index contributed by atoms with van der Waals surface area (Å²) in [6, 6.07) is 0. The molecule has 0 aromatic heterocycles. The van der Waals surface area contributed by atoms with E-state index in [0.717, 1.165) is 161 Å². The second kappa shape index (κ2) is 71.1. The zero-order valence-electron chi connectivity index (χ0n) is 61.4. The van der Waals surface area contributed by atoms with Crippen molar-refractivity contribution in [1.29, 1.82) is 0 Å². The zero-order chi connectivity index (χ0) is 71.8. The van der Waals surface area contributed by atoms with Gasteiger partial charge in [-0.15, -0.1) is 0 Å². The molecule has 0 bridgehead atoms. The minimum atomic E-state index is -4.98. The lowest BCUT2D eigenvalue weighted by molar-refractivity contribution is -0.161. The van der Waals surface area contributed by atoms with E-state index in [9.17, 15) is 43.2 Å². The smallest absolute Gasteiger partial charge is 0.462 e. The van der Waals surface area contributed by atoms with E-state index in [-0.39, 0.29) is 25.7 Å². The van der Waals surface area contributed by atoms with Crippen LogP contribution in [0, 0.1) is 0 Å². The standard InChI is InChI=1S/C79H136O17P2/c1-5-9-13-17-21-25-29-32-34-36-38-41-44-47-51-55-59-63-76(81)89-69-74(95-78(83)65-61-57-53-49-43-28-24-20-16-12-8-4)71-93-97(85,86)91-67-73(80)68-92-98(87,88)94-72-75(96-79(84)66-62-58-54-50-46-40-31-27-23-19-15-11-7-3)70-90-77(82)64-60-56-52-48-45-42-39-37-35-33-30-26-22-18-14-10-6-2/h9-10,13-14,21-22,25-27,31-35,38,41,47,51,73-75,80H,5-8,11-12,15-20,23-24,28-30,36-37,39-40,42-46,48-50,52-72H2,1-4H3,(H,85,86)(H,87,88)/b13-9-,14-10-,25-21-,26-22-,31-27-,34-32-,35-33-,41-38-,51-47-. The van der Waals surface area contributed by atoms with Crippen molar-refractivity contribution in [3.05, 3.63) is 109 Å². The predicted octanol–water partition coefficient (Wildman–Crippen LogP) is 21.8. The molecule has 19 heteroatoms. The Hall–Kier alpha value is -4.28. The van der Waals surface area contributed by atoms with Crippen molar-refractivity contribution in [1.82, 2.24) is 0 Å². The minimum Gasteiger partial charge on any atom is -0.462 e. The van der Waals surface area contributed by atoms with Gasteiger partial charge in [0.1, 0.15) is 19.3 Å². The maximum atomic E-state index is 13.1. The first-order valence-corrected chi connectivity index (χ1v) is 41.1. The summed E-state index contributed by atoms with van der Waals surface area (Å²) in [5.74, 6) is -2.25. The largest absolute Gasteiger partial charge is 0.472 e. The van der Waals surface area contributed by atoms with Crippen molar-refractivity contribution in [2.24, 2.45) is 0 Å². The molecular weight excluding hydrogens is 1280 g/mol. The molecule has 0 heterocycles. The quantitative estimate of drug-likeness (QED) is 0.0169. The van der Waals surface area contributed by atoms with Crippen LogP contribution in [-0.2, 0) is 65.4 Å². The summed E-state index contributed by atoms with van der Waals surface area (Å²) in [6.45, 7) is 4.55. The summed E-state index contributed by atoms with van der Waals surface area (Å²) in [6.07, 6.45) is 75.2. The molecule has 17 nitrogen and oxygen atoms in total. The van der Waals surface area contributed by atoms with Crippen LogP contribution < -0.4 is 0 Å². The second-order valence-electron chi connectivity index (χ2n) is 25.2. The van der Waals surface area contributed by atoms with Crippen molar-refractivity contribution in [3.63, 3.8) is 0 Å². The number of esters is 4. The van der Waals surface area contributed by atoms with E-state index in [2.05, 4.69) is 125 Å². The van der Waals surface area contributed by atoms with Crippen molar-refractivity contribution in [2.45, 2.75) is 329 Å². The van der Waals surface area contributed by atoms with E-state index in [1.54, 1.807) is 0 Å². The number of carbonyl (C=O) groups excluding carboxylic acids is 4. The lowest BCUT2D eigenvalue weighted by Gasteiger charge is -2.21. The fourth-order valence-electron chi connectivity index (χ4n) is 9.97. The lowest BCUT2D eigenvalue weighted by atomic mass is 10.1. The van der Waals surface area contributed by atoms with E-state index < -0.39 is 97.5 Å². The van der Waals surface area contributed by atoms with Crippen LogP contribution in [0.15, 0.2) is 109 Å². The summed E-state index contributed by atoms with van der Waals surface area (Å²) in [7, 11) is -9.96. The number of carbonyl (C=O) groups is 4.